The second-order valence-corrected chi connectivity index (χ2v) is 7.99. The van der Waals surface area contributed by atoms with E-state index in [0.29, 0.717) is 42.5 Å². The van der Waals surface area contributed by atoms with Gasteiger partial charge in [-0.3, -0.25) is 14.7 Å². The lowest BCUT2D eigenvalue weighted by Gasteiger charge is -2.36. The van der Waals surface area contributed by atoms with Gasteiger partial charge < -0.3 is 14.4 Å². The molecule has 0 unspecified atom stereocenters. The fraction of sp³-hybridized carbons (Fsp3) is 0.524. The van der Waals surface area contributed by atoms with Gasteiger partial charge in [-0.2, -0.15) is 0 Å². The highest BCUT2D eigenvalue weighted by atomic mass is 16.5. The third-order valence-electron chi connectivity index (χ3n) is 5.95. The zero-order chi connectivity index (χ0) is 19.8. The first-order valence-electron chi connectivity index (χ1n) is 10.2. The quantitative estimate of drug-likeness (QED) is 0.763. The molecule has 0 radical (unpaired) electrons. The monoisotopic (exact) mass is 395 g/mol. The minimum Gasteiger partial charge on any atom is -0.481 e. The minimum atomic E-state index is -0.0468. The van der Waals surface area contributed by atoms with E-state index in [1.165, 1.54) is 12.8 Å². The van der Waals surface area contributed by atoms with Gasteiger partial charge in [0.1, 0.15) is 11.8 Å². The molecule has 5 rings (SSSR count). The largest absolute Gasteiger partial charge is 0.481 e. The van der Waals surface area contributed by atoms with E-state index in [1.54, 1.807) is 31.5 Å². The average molecular weight is 395 g/mol. The number of carbonyl (C=O) groups is 1. The highest BCUT2D eigenvalue weighted by molar-refractivity contribution is 5.92. The number of fused-ring (bicyclic) bond motifs is 1. The third-order valence-corrected chi connectivity index (χ3v) is 5.95. The molecule has 8 heteroatoms. The Labute approximate surface area is 169 Å². The van der Waals surface area contributed by atoms with Crippen molar-refractivity contribution >= 4 is 5.91 Å². The molecule has 29 heavy (non-hydrogen) atoms. The molecule has 2 saturated heterocycles. The number of methoxy groups -OCH3 is 1. The van der Waals surface area contributed by atoms with Crippen LogP contribution in [-0.2, 0) is 0 Å². The second-order valence-electron chi connectivity index (χ2n) is 7.99. The third kappa shape index (κ3) is 3.89. The zero-order valence-electron chi connectivity index (χ0n) is 16.5. The Bertz CT molecular complexity index is 886. The van der Waals surface area contributed by atoms with Gasteiger partial charge in [-0.1, -0.05) is 6.07 Å². The van der Waals surface area contributed by atoms with Crippen LogP contribution in [0.2, 0.25) is 0 Å². The summed E-state index contributed by atoms with van der Waals surface area (Å²) in [5.74, 6) is 1.60. The minimum absolute atomic E-state index is 0.0468. The first-order valence-corrected chi connectivity index (χ1v) is 10.2. The molecule has 1 saturated carbocycles. The Hall–Kier alpha value is -2.74. The van der Waals surface area contributed by atoms with Gasteiger partial charge in [0, 0.05) is 50.6 Å². The van der Waals surface area contributed by atoms with Crippen molar-refractivity contribution in [1.29, 1.82) is 0 Å². The van der Waals surface area contributed by atoms with Crippen LogP contribution in [0, 0.1) is 0 Å². The van der Waals surface area contributed by atoms with E-state index in [2.05, 4.69) is 19.9 Å². The van der Waals surface area contributed by atoms with Gasteiger partial charge in [-0.25, -0.2) is 9.97 Å². The molecule has 4 heterocycles. The average Bonchev–Trinajstić information content (AvgIpc) is 3.53. The second kappa shape index (κ2) is 7.59. The van der Waals surface area contributed by atoms with E-state index in [4.69, 9.17) is 9.47 Å². The molecule has 2 atom stereocenters. The van der Waals surface area contributed by atoms with Crippen LogP contribution < -0.4 is 9.47 Å². The van der Waals surface area contributed by atoms with E-state index in [0.717, 1.165) is 25.2 Å². The molecule has 152 valence electrons. The first-order chi connectivity index (χ1) is 14.2. The predicted molar refractivity (Wildman–Crippen MR) is 105 cm³/mol. The molecule has 0 N–H and O–H groups in total. The topological polar surface area (TPSA) is 80.7 Å². The highest BCUT2D eigenvalue weighted by Crippen LogP contribution is 2.38. The first kappa shape index (κ1) is 18.3. The van der Waals surface area contributed by atoms with Crippen molar-refractivity contribution in [1.82, 2.24) is 24.8 Å². The van der Waals surface area contributed by atoms with E-state index in [-0.39, 0.29) is 12.0 Å². The number of nitrogens with zero attached hydrogens (tertiary/aromatic N) is 5. The predicted octanol–water partition coefficient (Wildman–Crippen LogP) is 1.74. The lowest BCUT2D eigenvalue weighted by atomic mass is 10.1. The molecule has 1 amide bonds. The number of hydrogen-bond donors (Lipinski definition) is 0. The van der Waals surface area contributed by atoms with Gasteiger partial charge in [0.05, 0.1) is 25.2 Å². The van der Waals surface area contributed by atoms with Crippen LogP contribution in [-0.4, -0.2) is 76.1 Å². The maximum atomic E-state index is 12.9. The lowest BCUT2D eigenvalue weighted by molar-refractivity contribution is 0.0563. The number of piperazine rings is 1. The molecule has 8 nitrogen and oxygen atoms in total. The molecule has 2 aliphatic heterocycles. The number of aromatic nitrogens is 3. The Morgan fingerprint density at radius 3 is 2.76 bits per heavy atom. The van der Waals surface area contributed by atoms with E-state index < -0.39 is 0 Å². The van der Waals surface area contributed by atoms with Crippen molar-refractivity contribution in [2.24, 2.45) is 0 Å². The van der Waals surface area contributed by atoms with E-state index in [1.807, 2.05) is 11.1 Å². The number of ether oxygens (including phenoxy) is 2. The van der Waals surface area contributed by atoms with Crippen molar-refractivity contribution in [2.45, 2.75) is 37.3 Å². The number of hydrogen-bond acceptors (Lipinski definition) is 7. The number of pyridine rings is 1. The van der Waals surface area contributed by atoms with Gasteiger partial charge >= 0.3 is 0 Å². The maximum Gasteiger partial charge on any atom is 0.272 e. The summed E-state index contributed by atoms with van der Waals surface area (Å²) in [5, 5.41) is 0. The summed E-state index contributed by atoms with van der Waals surface area (Å²) < 4.78 is 11.2. The summed E-state index contributed by atoms with van der Waals surface area (Å²) >= 11 is 0. The molecule has 0 spiro atoms. The van der Waals surface area contributed by atoms with Crippen LogP contribution in [0.5, 0.6) is 11.8 Å². The molecule has 3 aliphatic rings. The van der Waals surface area contributed by atoms with Crippen molar-refractivity contribution in [2.75, 3.05) is 33.3 Å². The van der Waals surface area contributed by atoms with Crippen molar-refractivity contribution in [3.05, 3.63) is 42.0 Å². The number of carbonyl (C=O) groups excluding carboxylic acids is 1. The zero-order valence-corrected chi connectivity index (χ0v) is 16.5. The Balaban J connectivity index is 1.19. The standard InChI is InChI=1S/C21H25N5O3/c1-28-19-4-2-3-17(24-19)21(27)26-8-7-25-13-16(9-15(25)12-26)29-20-11-22-18(10-23-20)14-5-6-14/h2-4,10-11,14-16H,5-9,12-13H2,1H3/t15-,16+/m0/s1. The molecule has 1 aliphatic carbocycles. The van der Waals surface area contributed by atoms with Crippen LogP contribution in [0.1, 0.15) is 41.4 Å². The Morgan fingerprint density at radius 2 is 2.00 bits per heavy atom. The highest BCUT2D eigenvalue weighted by Gasteiger charge is 2.39. The van der Waals surface area contributed by atoms with Crippen molar-refractivity contribution in [3.8, 4) is 11.8 Å². The molecule has 3 fully saturated rings. The van der Waals surface area contributed by atoms with Crippen LogP contribution in [0.4, 0.5) is 0 Å². The van der Waals surface area contributed by atoms with Crippen molar-refractivity contribution < 1.29 is 14.3 Å². The fourth-order valence-corrected chi connectivity index (χ4v) is 4.22. The maximum absolute atomic E-state index is 12.9. The van der Waals surface area contributed by atoms with E-state index >= 15 is 0 Å². The van der Waals surface area contributed by atoms with Gasteiger partial charge in [0.25, 0.3) is 5.91 Å². The Morgan fingerprint density at radius 1 is 1.10 bits per heavy atom. The molecule has 2 aromatic rings. The SMILES string of the molecule is COc1cccc(C(=O)N2CCN3C[C@H](Oc4cnc(C5CC5)cn4)C[C@H]3C2)n1. The van der Waals surface area contributed by atoms with Crippen LogP contribution in [0.3, 0.4) is 0 Å². The fourth-order valence-electron chi connectivity index (χ4n) is 4.22. The number of rotatable bonds is 5. The van der Waals surface area contributed by atoms with Gasteiger partial charge in [-0.15, -0.1) is 0 Å². The van der Waals surface area contributed by atoms with Gasteiger partial charge in [0.15, 0.2) is 0 Å². The smallest absolute Gasteiger partial charge is 0.272 e. The summed E-state index contributed by atoms with van der Waals surface area (Å²) in [6, 6.07) is 5.57. The van der Waals surface area contributed by atoms with Crippen LogP contribution in [0.15, 0.2) is 30.6 Å². The van der Waals surface area contributed by atoms with E-state index in [9.17, 15) is 4.79 Å². The number of amides is 1. The Kier molecular flexibility index (Phi) is 4.79. The summed E-state index contributed by atoms with van der Waals surface area (Å²) in [4.78, 5) is 30.3. The van der Waals surface area contributed by atoms with Crippen molar-refractivity contribution in [3.63, 3.8) is 0 Å². The molecular weight excluding hydrogens is 370 g/mol. The van der Waals surface area contributed by atoms with Gasteiger partial charge in [-0.05, 0) is 18.9 Å². The molecule has 2 aromatic heterocycles. The van der Waals surface area contributed by atoms with Crippen LogP contribution >= 0.6 is 0 Å². The molecule has 0 bridgehead atoms. The normalized spacial score (nSPS) is 24.2. The summed E-state index contributed by atoms with van der Waals surface area (Å²) in [7, 11) is 1.55. The summed E-state index contributed by atoms with van der Waals surface area (Å²) in [6.45, 7) is 3.07. The summed E-state index contributed by atoms with van der Waals surface area (Å²) in [5.41, 5.74) is 1.50. The summed E-state index contributed by atoms with van der Waals surface area (Å²) in [6.07, 6.45) is 6.97. The lowest BCUT2D eigenvalue weighted by Crippen LogP contribution is -2.52. The van der Waals surface area contributed by atoms with Gasteiger partial charge in [0.2, 0.25) is 11.8 Å². The molecular formula is C21H25N5O3. The van der Waals surface area contributed by atoms with Crippen LogP contribution in [0.25, 0.3) is 0 Å². The molecule has 0 aromatic carbocycles.